The molecule has 0 aliphatic rings. The van der Waals surface area contributed by atoms with Crippen molar-refractivity contribution in [1.82, 2.24) is 9.99 Å². The predicted molar refractivity (Wildman–Crippen MR) is 109 cm³/mol. The average molecular weight is 376 g/mol. The monoisotopic (exact) mass is 376 g/mol. The van der Waals surface area contributed by atoms with E-state index in [1.165, 1.54) is 0 Å². The Kier molecular flexibility index (Phi) is 5.55. The molecule has 0 fully saturated rings. The van der Waals surface area contributed by atoms with Crippen LogP contribution in [0.5, 0.6) is 5.75 Å². The van der Waals surface area contributed by atoms with E-state index in [-0.39, 0.29) is 0 Å². The van der Waals surface area contributed by atoms with Crippen molar-refractivity contribution in [3.63, 3.8) is 0 Å². The van der Waals surface area contributed by atoms with Gasteiger partial charge in [0, 0.05) is 28.1 Å². The van der Waals surface area contributed by atoms with E-state index in [0.29, 0.717) is 18.0 Å². The summed E-state index contributed by atoms with van der Waals surface area (Å²) in [6.45, 7) is 8.31. The molecule has 3 rings (SSSR count). The number of methoxy groups -OCH3 is 1. The molecular weight excluding hydrogens is 352 g/mol. The maximum Gasteiger partial charge on any atom is 0.222 e. The van der Waals surface area contributed by atoms with E-state index in [2.05, 4.69) is 16.6 Å². The standard InChI is InChI=1S/C22H24N4O2/c1-14-10-19(13-25-24-12-18-8-6-7-9-21(18)27-5)16(3)26(14)22-20(11-23)15(2)17(4)28-22/h6-10,13,24H,12H2,1-5H3/b25-13+. The molecule has 3 aromatic rings. The Labute approximate surface area is 165 Å². The molecule has 0 unspecified atom stereocenters. The van der Waals surface area contributed by atoms with Crippen LogP contribution in [0.25, 0.3) is 5.88 Å². The molecule has 28 heavy (non-hydrogen) atoms. The van der Waals surface area contributed by atoms with Crippen LogP contribution in [0.3, 0.4) is 0 Å². The van der Waals surface area contributed by atoms with E-state index < -0.39 is 0 Å². The number of para-hydroxylation sites is 1. The molecule has 0 radical (unpaired) electrons. The summed E-state index contributed by atoms with van der Waals surface area (Å²) in [4.78, 5) is 0. The smallest absolute Gasteiger partial charge is 0.222 e. The SMILES string of the molecule is COc1ccccc1CN/N=C/c1cc(C)n(-c2oc(C)c(C)c2C#N)c1C. The number of hydrazone groups is 1. The lowest BCUT2D eigenvalue weighted by Gasteiger charge is -2.07. The molecule has 6 nitrogen and oxygen atoms in total. The van der Waals surface area contributed by atoms with Crippen LogP contribution in [0, 0.1) is 39.0 Å². The fraction of sp³-hybridized carbons (Fsp3) is 0.273. The third-order valence-electron chi connectivity index (χ3n) is 4.91. The molecule has 0 aliphatic carbocycles. The van der Waals surface area contributed by atoms with Gasteiger partial charge in [-0.05, 0) is 39.8 Å². The molecule has 1 aromatic carbocycles. The molecule has 0 bridgehead atoms. The first-order chi connectivity index (χ1) is 13.5. The number of hydrogen-bond acceptors (Lipinski definition) is 5. The molecule has 144 valence electrons. The lowest BCUT2D eigenvalue weighted by Crippen LogP contribution is -2.07. The zero-order chi connectivity index (χ0) is 20.3. The van der Waals surface area contributed by atoms with Gasteiger partial charge in [0.25, 0.3) is 0 Å². The van der Waals surface area contributed by atoms with Crippen LogP contribution in [0.4, 0.5) is 0 Å². The van der Waals surface area contributed by atoms with Gasteiger partial charge in [-0.25, -0.2) is 0 Å². The van der Waals surface area contributed by atoms with Crippen molar-refractivity contribution in [3.05, 3.63) is 69.7 Å². The molecule has 0 aliphatic heterocycles. The zero-order valence-electron chi connectivity index (χ0n) is 16.8. The van der Waals surface area contributed by atoms with E-state index in [1.54, 1.807) is 13.3 Å². The van der Waals surface area contributed by atoms with E-state index in [4.69, 9.17) is 9.15 Å². The third-order valence-corrected chi connectivity index (χ3v) is 4.91. The number of aryl methyl sites for hydroxylation is 2. The molecule has 0 spiro atoms. The normalized spacial score (nSPS) is 11.0. The number of rotatable bonds is 6. The molecule has 0 atom stereocenters. The lowest BCUT2D eigenvalue weighted by atomic mass is 10.2. The van der Waals surface area contributed by atoms with Gasteiger partial charge < -0.3 is 14.6 Å². The van der Waals surface area contributed by atoms with E-state index in [9.17, 15) is 5.26 Å². The van der Waals surface area contributed by atoms with Crippen molar-refractivity contribution in [1.29, 1.82) is 5.26 Å². The number of aromatic nitrogens is 1. The summed E-state index contributed by atoms with van der Waals surface area (Å²) in [6, 6.07) is 12.1. The number of ether oxygens (including phenoxy) is 1. The Hall–Kier alpha value is -3.46. The summed E-state index contributed by atoms with van der Waals surface area (Å²) in [6.07, 6.45) is 1.78. The van der Waals surface area contributed by atoms with Crippen molar-refractivity contribution >= 4 is 6.21 Å². The first-order valence-electron chi connectivity index (χ1n) is 9.05. The van der Waals surface area contributed by atoms with Gasteiger partial charge >= 0.3 is 0 Å². The minimum atomic E-state index is 0.564. The molecule has 2 aromatic heterocycles. The summed E-state index contributed by atoms with van der Waals surface area (Å²) < 4.78 is 13.2. The maximum absolute atomic E-state index is 9.52. The third kappa shape index (κ3) is 3.52. The highest BCUT2D eigenvalue weighted by atomic mass is 16.5. The Morgan fingerprint density at radius 1 is 1.25 bits per heavy atom. The highest BCUT2D eigenvalue weighted by Crippen LogP contribution is 2.28. The highest BCUT2D eigenvalue weighted by Gasteiger charge is 2.20. The van der Waals surface area contributed by atoms with Gasteiger partial charge in [-0.15, -0.1) is 0 Å². The Balaban J connectivity index is 1.82. The average Bonchev–Trinajstić information content (AvgIpc) is 3.13. The first-order valence-corrected chi connectivity index (χ1v) is 9.05. The van der Waals surface area contributed by atoms with Gasteiger partial charge in [-0.1, -0.05) is 18.2 Å². The number of nitrogens with one attached hydrogen (secondary N) is 1. The Morgan fingerprint density at radius 3 is 2.71 bits per heavy atom. The quantitative estimate of drug-likeness (QED) is 0.514. The van der Waals surface area contributed by atoms with Crippen LogP contribution in [-0.2, 0) is 6.54 Å². The minimum absolute atomic E-state index is 0.564. The molecule has 0 saturated heterocycles. The topological polar surface area (TPSA) is 75.5 Å². The predicted octanol–water partition coefficient (Wildman–Crippen LogP) is 4.31. The van der Waals surface area contributed by atoms with Crippen molar-refractivity contribution in [2.75, 3.05) is 7.11 Å². The lowest BCUT2D eigenvalue weighted by molar-refractivity contribution is 0.408. The molecule has 6 heteroatoms. The van der Waals surface area contributed by atoms with Crippen LogP contribution in [0.2, 0.25) is 0 Å². The highest BCUT2D eigenvalue weighted by molar-refractivity contribution is 5.82. The van der Waals surface area contributed by atoms with Gasteiger partial charge in [0.15, 0.2) is 0 Å². The summed E-state index contributed by atoms with van der Waals surface area (Å²) in [5, 5.41) is 13.9. The van der Waals surface area contributed by atoms with Crippen LogP contribution in [0.1, 0.15) is 39.4 Å². The molecule has 2 heterocycles. The van der Waals surface area contributed by atoms with E-state index in [0.717, 1.165) is 39.6 Å². The molecule has 0 amide bonds. The second-order valence-corrected chi connectivity index (χ2v) is 6.64. The van der Waals surface area contributed by atoms with Gasteiger partial charge in [0.05, 0.1) is 19.9 Å². The number of furan rings is 1. The Bertz CT molecular complexity index is 1070. The molecular formula is C22H24N4O2. The van der Waals surface area contributed by atoms with Gasteiger partial charge in [0.2, 0.25) is 5.88 Å². The van der Waals surface area contributed by atoms with E-state index in [1.807, 2.05) is 62.6 Å². The Morgan fingerprint density at radius 2 is 2.00 bits per heavy atom. The van der Waals surface area contributed by atoms with Crippen LogP contribution in [-0.4, -0.2) is 17.9 Å². The largest absolute Gasteiger partial charge is 0.496 e. The summed E-state index contributed by atoms with van der Waals surface area (Å²) >= 11 is 0. The maximum atomic E-state index is 9.52. The number of hydrogen-bond donors (Lipinski definition) is 1. The van der Waals surface area contributed by atoms with Gasteiger partial charge in [0.1, 0.15) is 23.1 Å². The number of nitriles is 1. The summed E-state index contributed by atoms with van der Waals surface area (Å²) in [5.41, 5.74) is 8.44. The van der Waals surface area contributed by atoms with Crippen LogP contribution in [0.15, 0.2) is 39.9 Å². The van der Waals surface area contributed by atoms with Crippen LogP contribution >= 0.6 is 0 Å². The minimum Gasteiger partial charge on any atom is -0.496 e. The zero-order valence-corrected chi connectivity index (χ0v) is 16.8. The first kappa shape index (κ1) is 19.3. The van der Waals surface area contributed by atoms with E-state index >= 15 is 0 Å². The fourth-order valence-corrected chi connectivity index (χ4v) is 3.22. The summed E-state index contributed by atoms with van der Waals surface area (Å²) in [7, 11) is 1.66. The second-order valence-electron chi connectivity index (χ2n) is 6.64. The van der Waals surface area contributed by atoms with Crippen molar-refractivity contribution in [2.45, 2.75) is 34.2 Å². The van der Waals surface area contributed by atoms with Crippen molar-refractivity contribution in [3.8, 4) is 17.7 Å². The number of benzene rings is 1. The van der Waals surface area contributed by atoms with Crippen LogP contribution < -0.4 is 10.2 Å². The number of nitrogens with zero attached hydrogens (tertiary/aromatic N) is 3. The summed E-state index contributed by atoms with van der Waals surface area (Å²) in [5.74, 6) is 2.15. The van der Waals surface area contributed by atoms with Gasteiger partial charge in [-0.2, -0.15) is 10.4 Å². The molecule has 1 N–H and O–H groups in total. The molecule has 0 saturated carbocycles. The second kappa shape index (κ2) is 8.05. The fourth-order valence-electron chi connectivity index (χ4n) is 3.22. The van der Waals surface area contributed by atoms with Crippen molar-refractivity contribution in [2.24, 2.45) is 5.10 Å². The van der Waals surface area contributed by atoms with Crippen molar-refractivity contribution < 1.29 is 9.15 Å². The van der Waals surface area contributed by atoms with Gasteiger partial charge in [-0.3, -0.25) is 4.57 Å².